The number of fused-ring (bicyclic) bond motifs is 2. The maximum absolute atomic E-state index is 13.7. The van der Waals surface area contributed by atoms with Gasteiger partial charge >= 0.3 is 12.3 Å². The Morgan fingerprint density at radius 3 is 2.56 bits per heavy atom. The average molecular weight is 539 g/mol. The van der Waals surface area contributed by atoms with Crippen molar-refractivity contribution in [3.8, 4) is 23.3 Å². The number of ether oxygens (including phenoxy) is 5. The van der Waals surface area contributed by atoms with Crippen LogP contribution in [0.15, 0.2) is 54.6 Å². The standard InChI is InChI=1S/C28H24F2N2O7/c1-35-23-9-7-18-19(14-21(37-24(18)32-23)15-4-3-5-16(12-15)25(33)36-2)31-26(34)27(10-11-27)17-6-8-20-22(13-17)39-28(29,30)38-20/h3-9,12-13,19,21H,10-11,14H2,1-2H3,(H,31,34). The van der Waals surface area contributed by atoms with Gasteiger partial charge in [0.05, 0.1) is 31.2 Å². The van der Waals surface area contributed by atoms with Crippen LogP contribution in [0.4, 0.5) is 8.78 Å². The molecular formula is C28H24F2N2O7. The lowest BCUT2D eigenvalue weighted by molar-refractivity contribution is -0.286. The molecule has 1 aliphatic carbocycles. The van der Waals surface area contributed by atoms with E-state index in [1.165, 1.54) is 26.4 Å². The van der Waals surface area contributed by atoms with Gasteiger partial charge in [-0.15, -0.1) is 8.78 Å². The van der Waals surface area contributed by atoms with Crippen molar-refractivity contribution in [2.24, 2.45) is 0 Å². The van der Waals surface area contributed by atoms with Gasteiger partial charge < -0.3 is 29.0 Å². The van der Waals surface area contributed by atoms with Crippen LogP contribution in [0.3, 0.4) is 0 Å². The quantitative estimate of drug-likeness (QED) is 0.454. The van der Waals surface area contributed by atoms with Crippen LogP contribution in [0.5, 0.6) is 23.3 Å². The molecule has 1 saturated carbocycles. The lowest BCUT2D eigenvalue weighted by atomic mass is 9.91. The van der Waals surface area contributed by atoms with Crippen molar-refractivity contribution in [3.05, 3.63) is 76.9 Å². The largest absolute Gasteiger partial charge is 0.586 e. The molecule has 11 heteroatoms. The van der Waals surface area contributed by atoms with E-state index in [1.54, 1.807) is 36.4 Å². The van der Waals surface area contributed by atoms with Gasteiger partial charge in [0.15, 0.2) is 11.5 Å². The fourth-order valence-corrected chi connectivity index (χ4v) is 5.07. The average Bonchev–Trinajstić information content (AvgIpc) is 3.69. The predicted octanol–water partition coefficient (Wildman–Crippen LogP) is 4.61. The molecule has 0 bridgehead atoms. The Morgan fingerprint density at radius 1 is 1.03 bits per heavy atom. The van der Waals surface area contributed by atoms with Crippen LogP contribution >= 0.6 is 0 Å². The zero-order chi connectivity index (χ0) is 27.4. The summed E-state index contributed by atoms with van der Waals surface area (Å²) in [5, 5.41) is 3.13. The summed E-state index contributed by atoms with van der Waals surface area (Å²) in [7, 11) is 2.80. The van der Waals surface area contributed by atoms with Crippen LogP contribution < -0.4 is 24.3 Å². The van der Waals surface area contributed by atoms with E-state index in [4.69, 9.17) is 14.2 Å². The Hall–Kier alpha value is -4.41. The summed E-state index contributed by atoms with van der Waals surface area (Å²) in [4.78, 5) is 30.2. The van der Waals surface area contributed by atoms with E-state index >= 15 is 0 Å². The van der Waals surface area contributed by atoms with Crippen LogP contribution in [0, 0.1) is 0 Å². The van der Waals surface area contributed by atoms with Gasteiger partial charge in [-0.05, 0) is 54.3 Å². The fraction of sp³-hybridized carbons (Fsp3) is 0.321. The van der Waals surface area contributed by atoms with Gasteiger partial charge in [-0.2, -0.15) is 4.98 Å². The minimum Gasteiger partial charge on any atom is -0.481 e. The molecule has 1 fully saturated rings. The molecule has 1 N–H and O–H groups in total. The molecule has 2 atom stereocenters. The third-order valence-electron chi connectivity index (χ3n) is 7.28. The van der Waals surface area contributed by atoms with E-state index in [9.17, 15) is 18.4 Å². The number of benzene rings is 2. The minimum atomic E-state index is -3.74. The fourth-order valence-electron chi connectivity index (χ4n) is 5.07. The Morgan fingerprint density at radius 2 is 1.82 bits per heavy atom. The van der Waals surface area contributed by atoms with Gasteiger partial charge in [0, 0.05) is 18.1 Å². The molecule has 39 heavy (non-hydrogen) atoms. The molecule has 3 aromatic rings. The molecule has 202 valence electrons. The van der Waals surface area contributed by atoms with Crippen LogP contribution in [-0.4, -0.2) is 37.4 Å². The van der Waals surface area contributed by atoms with Gasteiger partial charge in [0.25, 0.3) is 0 Å². The number of carbonyl (C=O) groups excluding carboxylic acids is 2. The Kier molecular flexibility index (Phi) is 5.81. The number of rotatable bonds is 6. The molecule has 2 unspecified atom stereocenters. The number of aromatic nitrogens is 1. The summed E-state index contributed by atoms with van der Waals surface area (Å²) >= 11 is 0. The summed E-state index contributed by atoms with van der Waals surface area (Å²) in [5.41, 5.74) is 1.45. The molecule has 0 radical (unpaired) electrons. The second kappa shape index (κ2) is 9.11. The zero-order valence-electron chi connectivity index (χ0n) is 21.0. The molecule has 3 aliphatic rings. The van der Waals surface area contributed by atoms with Crippen LogP contribution in [0.1, 0.15) is 58.5 Å². The molecule has 3 heterocycles. The summed E-state index contributed by atoms with van der Waals surface area (Å²) in [6.45, 7) is 0. The van der Waals surface area contributed by atoms with Crippen molar-refractivity contribution in [2.45, 2.75) is 43.1 Å². The second-order valence-corrected chi connectivity index (χ2v) is 9.64. The summed E-state index contributed by atoms with van der Waals surface area (Å²) < 4.78 is 52.5. The number of amides is 1. The van der Waals surface area contributed by atoms with E-state index in [0.29, 0.717) is 53.3 Å². The van der Waals surface area contributed by atoms with E-state index in [-0.39, 0.29) is 17.4 Å². The molecular weight excluding hydrogens is 514 g/mol. The number of halogens is 2. The number of nitrogens with one attached hydrogen (secondary N) is 1. The molecule has 9 nitrogen and oxygen atoms in total. The number of methoxy groups -OCH3 is 2. The SMILES string of the molecule is COC(=O)c1cccc(C2CC(NC(=O)C3(c4ccc5c(c4)OC(F)(F)O5)CC3)c3ccc(OC)nc3O2)c1. The smallest absolute Gasteiger partial charge is 0.481 e. The third-order valence-corrected chi connectivity index (χ3v) is 7.28. The zero-order valence-corrected chi connectivity index (χ0v) is 21.0. The minimum absolute atomic E-state index is 0.0737. The van der Waals surface area contributed by atoms with E-state index < -0.39 is 29.8 Å². The predicted molar refractivity (Wildman–Crippen MR) is 131 cm³/mol. The van der Waals surface area contributed by atoms with Gasteiger partial charge in [-0.1, -0.05) is 18.2 Å². The van der Waals surface area contributed by atoms with Crippen molar-refractivity contribution >= 4 is 11.9 Å². The number of hydrogen-bond donors (Lipinski definition) is 1. The highest BCUT2D eigenvalue weighted by atomic mass is 19.3. The molecule has 0 saturated heterocycles. The Labute approximate surface area is 222 Å². The second-order valence-electron chi connectivity index (χ2n) is 9.64. The Balaban J connectivity index is 1.29. The molecule has 0 spiro atoms. The van der Waals surface area contributed by atoms with Crippen molar-refractivity contribution in [3.63, 3.8) is 0 Å². The first-order valence-corrected chi connectivity index (χ1v) is 12.3. The van der Waals surface area contributed by atoms with Gasteiger partial charge in [-0.25, -0.2) is 4.79 Å². The van der Waals surface area contributed by atoms with E-state index in [1.807, 2.05) is 6.07 Å². The highest BCUT2D eigenvalue weighted by Gasteiger charge is 2.53. The molecule has 1 amide bonds. The molecule has 2 aromatic carbocycles. The number of alkyl halides is 2. The number of nitrogens with zero attached hydrogens (tertiary/aromatic N) is 1. The molecule has 1 aromatic heterocycles. The van der Waals surface area contributed by atoms with E-state index in [2.05, 4.69) is 19.8 Å². The normalized spacial score (nSPS) is 21.2. The first-order chi connectivity index (χ1) is 18.7. The highest BCUT2D eigenvalue weighted by molar-refractivity contribution is 5.92. The first kappa shape index (κ1) is 24.9. The van der Waals surface area contributed by atoms with E-state index in [0.717, 1.165) is 0 Å². The van der Waals surface area contributed by atoms with Crippen LogP contribution in [0.2, 0.25) is 0 Å². The van der Waals surface area contributed by atoms with Crippen molar-refractivity contribution < 1.29 is 42.1 Å². The van der Waals surface area contributed by atoms with Crippen molar-refractivity contribution in [2.75, 3.05) is 14.2 Å². The van der Waals surface area contributed by atoms with Crippen LogP contribution in [-0.2, 0) is 14.9 Å². The van der Waals surface area contributed by atoms with Crippen molar-refractivity contribution in [1.29, 1.82) is 0 Å². The first-order valence-electron chi connectivity index (χ1n) is 12.3. The number of hydrogen-bond acceptors (Lipinski definition) is 8. The number of carbonyl (C=O) groups is 2. The number of esters is 1. The summed E-state index contributed by atoms with van der Waals surface area (Å²) in [6, 6.07) is 14.3. The van der Waals surface area contributed by atoms with Gasteiger partial charge in [0.2, 0.25) is 17.7 Å². The maximum Gasteiger partial charge on any atom is 0.586 e. The third kappa shape index (κ3) is 4.47. The molecule has 2 aliphatic heterocycles. The van der Waals surface area contributed by atoms with Crippen molar-refractivity contribution in [1.82, 2.24) is 10.3 Å². The Bertz CT molecular complexity index is 1470. The van der Waals surface area contributed by atoms with Crippen LogP contribution in [0.25, 0.3) is 0 Å². The highest BCUT2D eigenvalue weighted by Crippen LogP contribution is 2.52. The summed E-state index contributed by atoms with van der Waals surface area (Å²) in [5.74, 6) is -0.253. The summed E-state index contributed by atoms with van der Waals surface area (Å²) in [6.07, 6.45) is -2.80. The molecule has 6 rings (SSSR count). The monoisotopic (exact) mass is 538 g/mol. The van der Waals surface area contributed by atoms with Gasteiger partial charge in [0.1, 0.15) is 6.10 Å². The maximum atomic E-state index is 13.7. The topological polar surface area (TPSA) is 105 Å². The lowest BCUT2D eigenvalue weighted by Crippen LogP contribution is -2.39. The van der Waals surface area contributed by atoms with Gasteiger partial charge in [-0.3, -0.25) is 4.79 Å². The number of pyridine rings is 1. The lowest BCUT2D eigenvalue weighted by Gasteiger charge is -2.33.